The number of nitrogens with zero attached hydrogens (tertiary/aromatic N) is 1. The van der Waals surface area contributed by atoms with E-state index in [1.54, 1.807) is 6.92 Å². The molecule has 2 rings (SSSR count). The summed E-state index contributed by atoms with van der Waals surface area (Å²) >= 11 is 0. The molecule has 1 unspecified atom stereocenters. The van der Waals surface area contributed by atoms with Gasteiger partial charge in [-0.3, -0.25) is 0 Å². The van der Waals surface area contributed by atoms with Gasteiger partial charge in [-0.15, -0.1) is 0 Å². The van der Waals surface area contributed by atoms with Crippen molar-refractivity contribution < 1.29 is 5.11 Å². The highest BCUT2D eigenvalue weighted by atomic mass is 16.3. The zero-order valence-corrected chi connectivity index (χ0v) is 10.7. The van der Waals surface area contributed by atoms with Gasteiger partial charge in [0.1, 0.15) is 0 Å². The maximum atomic E-state index is 9.85. The molecule has 0 aliphatic carbocycles. The molecule has 1 aromatic carbocycles. The summed E-state index contributed by atoms with van der Waals surface area (Å²) in [5.41, 5.74) is 10.2. The van der Waals surface area contributed by atoms with Crippen LogP contribution in [0.25, 0.3) is 10.9 Å². The second-order valence-corrected chi connectivity index (χ2v) is 4.72. The highest BCUT2D eigenvalue weighted by Gasteiger charge is 2.14. The van der Waals surface area contributed by atoms with Crippen molar-refractivity contribution in [1.29, 1.82) is 0 Å². The van der Waals surface area contributed by atoms with Crippen LogP contribution in [-0.2, 0) is 6.54 Å². The van der Waals surface area contributed by atoms with Crippen LogP contribution in [0.15, 0.2) is 18.3 Å². The fourth-order valence-corrected chi connectivity index (χ4v) is 2.49. The minimum absolute atomic E-state index is 0.446. The Hall–Kier alpha value is -1.32. The molecule has 0 spiro atoms. The molecule has 0 radical (unpaired) electrons. The maximum absolute atomic E-state index is 9.85. The molecule has 0 bridgehead atoms. The number of aliphatic hydroxyl groups is 1. The van der Waals surface area contributed by atoms with Gasteiger partial charge in [0.05, 0.1) is 6.10 Å². The summed E-state index contributed by atoms with van der Waals surface area (Å²) in [6.07, 6.45) is 1.58. The predicted octanol–water partition coefficient (Wildman–Crippen LogP) is 2.27. The first-order valence-electron chi connectivity index (χ1n) is 6.02. The Morgan fingerprint density at radius 1 is 1.35 bits per heavy atom. The van der Waals surface area contributed by atoms with E-state index >= 15 is 0 Å². The number of fused-ring (bicyclic) bond motifs is 1. The minimum atomic E-state index is -0.446. The third-order valence-electron chi connectivity index (χ3n) is 3.17. The van der Waals surface area contributed by atoms with Crippen molar-refractivity contribution in [1.82, 2.24) is 4.57 Å². The standard InChI is InChI=1S/C14H20N2O/c1-9-6-10(2)14-12(11(3)17)8-16(5-4-15)13(14)7-9/h6-8,11,17H,4-5,15H2,1-3H3. The summed E-state index contributed by atoms with van der Waals surface area (Å²) in [7, 11) is 0. The van der Waals surface area contributed by atoms with Crippen LogP contribution in [-0.4, -0.2) is 16.2 Å². The van der Waals surface area contributed by atoms with Crippen LogP contribution in [0.3, 0.4) is 0 Å². The Kier molecular flexibility index (Phi) is 3.22. The summed E-state index contributed by atoms with van der Waals surface area (Å²) in [6.45, 7) is 7.38. The third kappa shape index (κ3) is 2.08. The average Bonchev–Trinajstić information content (AvgIpc) is 2.58. The van der Waals surface area contributed by atoms with Crippen molar-refractivity contribution in [3.8, 4) is 0 Å². The van der Waals surface area contributed by atoms with E-state index in [-0.39, 0.29) is 0 Å². The number of aryl methyl sites for hydroxylation is 2. The molecule has 1 atom stereocenters. The second-order valence-electron chi connectivity index (χ2n) is 4.72. The number of nitrogens with two attached hydrogens (primary N) is 1. The van der Waals surface area contributed by atoms with Gasteiger partial charge in [-0.25, -0.2) is 0 Å². The molecular weight excluding hydrogens is 212 g/mol. The number of hydrogen-bond donors (Lipinski definition) is 2. The maximum Gasteiger partial charge on any atom is 0.0782 e. The van der Waals surface area contributed by atoms with E-state index in [4.69, 9.17) is 5.73 Å². The van der Waals surface area contributed by atoms with Crippen LogP contribution in [0.1, 0.15) is 29.7 Å². The molecule has 0 aliphatic heterocycles. The molecular formula is C14H20N2O. The fourth-order valence-electron chi connectivity index (χ4n) is 2.49. The van der Waals surface area contributed by atoms with E-state index in [0.29, 0.717) is 6.54 Å². The summed E-state index contributed by atoms with van der Waals surface area (Å²) < 4.78 is 2.14. The molecule has 0 aliphatic rings. The SMILES string of the molecule is Cc1cc(C)c2c(C(C)O)cn(CCN)c2c1. The van der Waals surface area contributed by atoms with Gasteiger partial charge in [0.15, 0.2) is 0 Å². The van der Waals surface area contributed by atoms with Crippen molar-refractivity contribution in [2.45, 2.75) is 33.4 Å². The lowest BCUT2D eigenvalue weighted by Crippen LogP contribution is -2.08. The monoisotopic (exact) mass is 232 g/mol. The summed E-state index contributed by atoms with van der Waals surface area (Å²) in [5.74, 6) is 0. The van der Waals surface area contributed by atoms with Gasteiger partial charge in [0.25, 0.3) is 0 Å². The van der Waals surface area contributed by atoms with Gasteiger partial charge in [-0.05, 0) is 38.0 Å². The van der Waals surface area contributed by atoms with Gasteiger partial charge in [0.2, 0.25) is 0 Å². The molecule has 2 aromatic rings. The van der Waals surface area contributed by atoms with Crippen molar-refractivity contribution in [3.63, 3.8) is 0 Å². The first-order chi connectivity index (χ1) is 8.04. The van der Waals surface area contributed by atoms with Crippen molar-refractivity contribution in [2.75, 3.05) is 6.54 Å². The van der Waals surface area contributed by atoms with Crippen molar-refractivity contribution in [2.24, 2.45) is 5.73 Å². The Morgan fingerprint density at radius 2 is 2.06 bits per heavy atom. The molecule has 0 fully saturated rings. The Bertz CT molecular complexity index is 541. The topological polar surface area (TPSA) is 51.2 Å². The van der Waals surface area contributed by atoms with E-state index in [1.165, 1.54) is 22.0 Å². The van der Waals surface area contributed by atoms with Gasteiger partial charge >= 0.3 is 0 Å². The minimum Gasteiger partial charge on any atom is -0.389 e. The molecule has 17 heavy (non-hydrogen) atoms. The van der Waals surface area contributed by atoms with Crippen LogP contribution in [0.4, 0.5) is 0 Å². The first-order valence-corrected chi connectivity index (χ1v) is 6.02. The quantitative estimate of drug-likeness (QED) is 0.853. The van der Waals surface area contributed by atoms with Crippen LogP contribution in [0, 0.1) is 13.8 Å². The molecule has 3 heteroatoms. The Balaban J connectivity index is 2.76. The zero-order valence-electron chi connectivity index (χ0n) is 10.7. The van der Waals surface area contributed by atoms with Crippen LogP contribution >= 0.6 is 0 Å². The second kappa shape index (κ2) is 4.51. The molecule has 3 nitrogen and oxygen atoms in total. The van der Waals surface area contributed by atoms with Gasteiger partial charge in [0, 0.05) is 35.8 Å². The van der Waals surface area contributed by atoms with E-state index in [1.807, 2.05) is 6.20 Å². The Morgan fingerprint density at radius 3 is 2.65 bits per heavy atom. The van der Waals surface area contributed by atoms with Gasteiger partial charge < -0.3 is 15.4 Å². The van der Waals surface area contributed by atoms with Crippen LogP contribution < -0.4 is 5.73 Å². The van der Waals surface area contributed by atoms with Crippen molar-refractivity contribution in [3.05, 3.63) is 35.0 Å². The highest BCUT2D eigenvalue weighted by Crippen LogP contribution is 2.30. The van der Waals surface area contributed by atoms with E-state index in [9.17, 15) is 5.11 Å². The summed E-state index contributed by atoms with van der Waals surface area (Å²) in [6, 6.07) is 4.31. The van der Waals surface area contributed by atoms with Crippen LogP contribution in [0.2, 0.25) is 0 Å². The van der Waals surface area contributed by atoms with E-state index in [0.717, 1.165) is 12.1 Å². The van der Waals surface area contributed by atoms with Gasteiger partial charge in [-0.1, -0.05) is 6.07 Å². The van der Waals surface area contributed by atoms with Gasteiger partial charge in [-0.2, -0.15) is 0 Å². The smallest absolute Gasteiger partial charge is 0.0782 e. The van der Waals surface area contributed by atoms with Crippen molar-refractivity contribution >= 4 is 10.9 Å². The number of hydrogen-bond acceptors (Lipinski definition) is 2. The van der Waals surface area contributed by atoms with E-state index in [2.05, 4.69) is 30.5 Å². The summed E-state index contributed by atoms with van der Waals surface area (Å²) in [5, 5.41) is 11.0. The third-order valence-corrected chi connectivity index (χ3v) is 3.17. The lowest BCUT2D eigenvalue weighted by atomic mass is 10.0. The normalized spacial score (nSPS) is 13.2. The molecule has 1 aromatic heterocycles. The fraction of sp³-hybridized carbons (Fsp3) is 0.429. The Labute approximate surface area is 102 Å². The molecule has 0 saturated carbocycles. The highest BCUT2D eigenvalue weighted by molar-refractivity contribution is 5.88. The summed E-state index contributed by atoms with van der Waals surface area (Å²) in [4.78, 5) is 0. The number of aliphatic hydroxyl groups excluding tert-OH is 1. The first kappa shape index (κ1) is 12.1. The lowest BCUT2D eigenvalue weighted by Gasteiger charge is -2.06. The van der Waals surface area contributed by atoms with Crippen LogP contribution in [0.5, 0.6) is 0 Å². The number of aromatic nitrogens is 1. The molecule has 3 N–H and O–H groups in total. The zero-order chi connectivity index (χ0) is 12.6. The molecule has 92 valence electrons. The molecule has 0 saturated heterocycles. The number of benzene rings is 1. The lowest BCUT2D eigenvalue weighted by molar-refractivity contribution is 0.200. The molecule has 0 amide bonds. The largest absolute Gasteiger partial charge is 0.389 e. The number of rotatable bonds is 3. The van der Waals surface area contributed by atoms with E-state index < -0.39 is 6.10 Å². The predicted molar refractivity (Wildman–Crippen MR) is 71.1 cm³/mol. The molecule has 1 heterocycles. The average molecular weight is 232 g/mol.